The van der Waals surface area contributed by atoms with E-state index in [9.17, 15) is 4.79 Å². The van der Waals surface area contributed by atoms with E-state index in [0.717, 1.165) is 60.2 Å². The number of benzene rings is 3. The van der Waals surface area contributed by atoms with Crippen molar-refractivity contribution >= 4 is 32.6 Å². The zero-order valence-corrected chi connectivity index (χ0v) is 20.8. The number of ether oxygens (including phenoxy) is 1. The number of fused-ring (bicyclic) bond motifs is 1. The highest BCUT2D eigenvalue weighted by Gasteiger charge is 2.20. The lowest BCUT2D eigenvalue weighted by Crippen LogP contribution is -2.48. The van der Waals surface area contributed by atoms with Gasteiger partial charge in [0.05, 0.1) is 11.8 Å². The molecule has 2 heterocycles. The average Bonchev–Trinajstić information content (AvgIpc) is 3.35. The van der Waals surface area contributed by atoms with Gasteiger partial charge in [0.25, 0.3) is 5.91 Å². The first-order valence-electron chi connectivity index (χ1n) is 12.0. The molecule has 7 heteroatoms. The Morgan fingerprint density at radius 2 is 1.69 bits per heavy atom. The van der Waals surface area contributed by atoms with Crippen LogP contribution in [0.2, 0.25) is 0 Å². The lowest BCUT2D eigenvalue weighted by atomic mass is 10.0. The summed E-state index contributed by atoms with van der Waals surface area (Å²) in [5, 5.41) is 4.12. The summed E-state index contributed by atoms with van der Waals surface area (Å²) in [5.41, 5.74) is 4.12. The maximum absolute atomic E-state index is 12.6. The Balaban J connectivity index is 1.07. The van der Waals surface area contributed by atoms with Crippen molar-refractivity contribution in [2.45, 2.75) is 6.42 Å². The molecule has 6 nitrogen and oxygen atoms in total. The van der Waals surface area contributed by atoms with Gasteiger partial charge in [0, 0.05) is 44.8 Å². The zero-order valence-electron chi connectivity index (χ0n) is 19.9. The number of thiazole rings is 1. The first kappa shape index (κ1) is 23.3. The lowest BCUT2D eigenvalue weighted by Gasteiger charge is -2.34. The van der Waals surface area contributed by atoms with Crippen molar-refractivity contribution in [2.24, 2.45) is 0 Å². The molecule has 180 valence electrons. The van der Waals surface area contributed by atoms with Crippen molar-refractivity contribution in [3.63, 3.8) is 0 Å². The minimum atomic E-state index is -0.0154. The fraction of sp³-hybridized carbons (Fsp3) is 0.286. The number of rotatable bonds is 8. The van der Waals surface area contributed by atoms with Gasteiger partial charge in [0.15, 0.2) is 5.13 Å². The molecule has 3 aromatic carbocycles. The van der Waals surface area contributed by atoms with Gasteiger partial charge < -0.3 is 15.0 Å². The summed E-state index contributed by atoms with van der Waals surface area (Å²) in [6.45, 7) is 5.26. The van der Waals surface area contributed by atoms with E-state index >= 15 is 0 Å². The summed E-state index contributed by atoms with van der Waals surface area (Å²) in [5.74, 6) is 0.809. The Morgan fingerprint density at radius 3 is 2.43 bits per heavy atom. The van der Waals surface area contributed by atoms with E-state index < -0.39 is 0 Å². The van der Waals surface area contributed by atoms with E-state index in [-0.39, 0.29) is 5.91 Å². The number of amides is 1. The second-order valence-electron chi connectivity index (χ2n) is 8.75. The van der Waals surface area contributed by atoms with Crippen LogP contribution in [0.1, 0.15) is 21.5 Å². The van der Waals surface area contributed by atoms with E-state index in [0.29, 0.717) is 12.1 Å². The number of piperazine rings is 1. The van der Waals surface area contributed by atoms with Gasteiger partial charge in [-0.15, -0.1) is 0 Å². The number of para-hydroxylation sites is 1. The fourth-order valence-corrected chi connectivity index (χ4v) is 5.44. The molecular formula is C28H30N4O2S. The normalized spacial score (nSPS) is 14.3. The number of carbonyl (C=O) groups is 1. The zero-order chi connectivity index (χ0) is 24.0. The van der Waals surface area contributed by atoms with Gasteiger partial charge in [-0.1, -0.05) is 59.9 Å². The predicted molar refractivity (Wildman–Crippen MR) is 143 cm³/mol. The van der Waals surface area contributed by atoms with Crippen LogP contribution in [0.5, 0.6) is 5.75 Å². The van der Waals surface area contributed by atoms with Gasteiger partial charge in [-0.2, -0.15) is 0 Å². The second kappa shape index (κ2) is 10.9. The van der Waals surface area contributed by atoms with Crippen LogP contribution in [0.3, 0.4) is 0 Å². The van der Waals surface area contributed by atoms with E-state index in [1.54, 1.807) is 18.4 Å². The van der Waals surface area contributed by atoms with Crippen LogP contribution in [0, 0.1) is 0 Å². The standard InChI is InChI=1S/C28H30N4O2S/c1-34-24-8-5-9-25-26(24)30-28(35-25)32-18-16-31(17-19-32)15-14-29-27(33)23-12-10-22(11-13-23)20-21-6-3-2-4-7-21/h2-13H,14-20H2,1H3,(H,29,33). The Hall–Kier alpha value is -3.42. The SMILES string of the molecule is COc1cccc2sc(N3CCN(CCNC(=O)c4ccc(Cc5ccccc5)cc4)CC3)nc12. The molecule has 0 unspecified atom stereocenters. The third-order valence-corrected chi connectivity index (χ3v) is 7.50. The minimum Gasteiger partial charge on any atom is -0.494 e. The molecule has 0 bridgehead atoms. The van der Waals surface area contributed by atoms with Gasteiger partial charge in [-0.25, -0.2) is 4.98 Å². The number of hydrogen-bond acceptors (Lipinski definition) is 6. The quantitative estimate of drug-likeness (QED) is 0.399. The molecule has 4 aromatic rings. The summed E-state index contributed by atoms with van der Waals surface area (Å²) >= 11 is 1.71. The number of carbonyl (C=O) groups excluding carboxylic acids is 1. The number of aromatic nitrogens is 1. The third kappa shape index (κ3) is 5.63. The van der Waals surface area contributed by atoms with E-state index in [2.05, 4.69) is 45.4 Å². The number of hydrogen-bond donors (Lipinski definition) is 1. The van der Waals surface area contributed by atoms with Crippen LogP contribution in [0.25, 0.3) is 10.2 Å². The van der Waals surface area contributed by atoms with E-state index in [1.165, 1.54) is 11.1 Å². The Labute approximate surface area is 210 Å². The number of anilines is 1. The van der Waals surface area contributed by atoms with Crippen LogP contribution in [0.15, 0.2) is 72.8 Å². The minimum absolute atomic E-state index is 0.0154. The lowest BCUT2D eigenvalue weighted by molar-refractivity contribution is 0.0948. The molecule has 1 N–H and O–H groups in total. The summed E-state index contributed by atoms with van der Waals surface area (Å²) in [7, 11) is 1.69. The first-order valence-corrected chi connectivity index (χ1v) is 12.8. The Bertz CT molecular complexity index is 1270. The molecule has 1 aliphatic heterocycles. The summed E-state index contributed by atoms with van der Waals surface area (Å²) in [6.07, 6.45) is 0.874. The van der Waals surface area contributed by atoms with E-state index in [4.69, 9.17) is 9.72 Å². The smallest absolute Gasteiger partial charge is 0.251 e. The van der Waals surface area contributed by atoms with E-state index in [1.807, 2.05) is 42.5 Å². The van der Waals surface area contributed by atoms with Crippen molar-refractivity contribution in [2.75, 3.05) is 51.3 Å². The maximum Gasteiger partial charge on any atom is 0.251 e. The van der Waals surface area contributed by atoms with Gasteiger partial charge in [0.2, 0.25) is 0 Å². The van der Waals surface area contributed by atoms with Crippen molar-refractivity contribution < 1.29 is 9.53 Å². The van der Waals surface area contributed by atoms with Gasteiger partial charge >= 0.3 is 0 Å². The molecule has 5 rings (SSSR count). The highest BCUT2D eigenvalue weighted by atomic mass is 32.1. The highest BCUT2D eigenvalue weighted by Crippen LogP contribution is 2.34. The first-order chi connectivity index (χ1) is 17.2. The molecule has 0 aliphatic carbocycles. The maximum atomic E-state index is 12.6. The summed E-state index contributed by atoms with van der Waals surface area (Å²) in [4.78, 5) is 22.1. The molecule has 1 aliphatic rings. The highest BCUT2D eigenvalue weighted by molar-refractivity contribution is 7.22. The Morgan fingerprint density at radius 1 is 0.943 bits per heavy atom. The van der Waals surface area contributed by atoms with Gasteiger partial charge in [-0.3, -0.25) is 9.69 Å². The molecule has 1 fully saturated rings. The monoisotopic (exact) mass is 486 g/mol. The van der Waals surface area contributed by atoms with Gasteiger partial charge in [-0.05, 0) is 41.8 Å². The molecule has 35 heavy (non-hydrogen) atoms. The summed E-state index contributed by atoms with van der Waals surface area (Å²) < 4.78 is 6.60. The average molecular weight is 487 g/mol. The van der Waals surface area contributed by atoms with Crippen LogP contribution < -0.4 is 15.0 Å². The van der Waals surface area contributed by atoms with Crippen molar-refractivity contribution in [3.8, 4) is 5.75 Å². The molecular weight excluding hydrogens is 456 g/mol. The molecule has 1 saturated heterocycles. The molecule has 0 saturated carbocycles. The van der Waals surface area contributed by atoms with Crippen LogP contribution in [0.4, 0.5) is 5.13 Å². The topological polar surface area (TPSA) is 57.7 Å². The Kier molecular flexibility index (Phi) is 7.25. The second-order valence-corrected chi connectivity index (χ2v) is 9.76. The predicted octanol–water partition coefficient (Wildman–Crippen LogP) is 4.45. The number of nitrogens with zero attached hydrogens (tertiary/aromatic N) is 3. The van der Waals surface area contributed by atoms with Gasteiger partial charge in [0.1, 0.15) is 11.3 Å². The van der Waals surface area contributed by atoms with Crippen LogP contribution in [-0.4, -0.2) is 62.2 Å². The summed E-state index contributed by atoms with van der Waals surface area (Å²) in [6, 6.07) is 24.3. The van der Waals surface area contributed by atoms with Crippen molar-refractivity contribution in [1.82, 2.24) is 15.2 Å². The van der Waals surface area contributed by atoms with Crippen LogP contribution >= 0.6 is 11.3 Å². The van der Waals surface area contributed by atoms with Crippen molar-refractivity contribution in [1.29, 1.82) is 0 Å². The number of nitrogens with one attached hydrogen (secondary N) is 1. The van der Waals surface area contributed by atoms with Crippen molar-refractivity contribution in [3.05, 3.63) is 89.5 Å². The fourth-order valence-electron chi connectivity index (χ4n) is 4.41. The molecule has 0 atom stereocenters. The molecule has 0 radical (unpaired) electrons. The number of methoxy groups -OCH3 is 1. The molecule has 1 aromatic heterocycles. The largest absolute Gasteiger partial charge is 0.494 e. The third-order valence-electron chi connectivity index (χ3n) is 6.41. The van der Waals surface area contributed by atoms with Crippen LogP contribution in [-0.2, 0) is 6.42 Å². The molecule has 0 spiro atoms. The molecule has 1 amide bonds.